The molecule has 2 aliphatic rings. The Kier molecular flexibility index (Phi) is 5.29. The van der Waals surface area contributed by atoms with Crippen LogP contribution in [0.15, 0.2) is 72.8 Å². The van der Waals surface area contributed by atoms with Crippen molar-refractivity contribution in [2.45, 2.75) is 12.1 Å². The summed E-state index contributed by atoms with van der Waals surface area (Å²) in [4.78, 5) is 34.2. The van der Waals surface area contributed by atoms with E-state index >= 15 is 0 Å². The number of ether oxygens (including phenoxy) is 1. The van der Waals surface area contributed by atoms with Gasteiger partial charge in [0, 0.05) is 10.0 Å². The van der Waals surface area contributed by atoms with E-state index in [4.69, 9.17) is 32.8 Å². The number of rotatable bonds is 4. The van der Waals surface area contributed by atoms with Gasteiger partial charge < -0.3 is 4.74 Å². The van der Waals surface area contributed by atoms with E-state index in [2.05, 4.69) is 0 Å². The topological polar surface area (TPSA) is 59.1 Å². The molecule has 2 amide bonds. The van der Waals surface area contributed by atoms with Crippen molar-refractivity contribution in [1.82, 2.24) is 0 Å². The number of hydrogen-bond acceptors (Lipinski definition) is 5. The molecule has 5 rings (SSSR count). The number of carbonyl (C=O) groups is 2. The molecule has 0 aliphatic carbocycles. The quantitative estimate of drug-likeness (QED) is 0.501. The minimum absolute atomic E-state index is 0.325. The zero-order valence-corrected chi connectivity index (χ0v) is 18.5. The molecule has 162 valence electrons. The van der Waals surface area contributed by atoms with Crippen LogP contribution in [0.2, 0.25) is 10.0 Å². The van der Waals surface area contributed by atoms with Crippen LogP contribution in [0, 0.1) is 5.92 Å². The normalized spacial score (nSPS) is 22.4. The Bertz CT molecular complexity index is 1180. The zero-order valence-electron chi connectivity index (χ0n) is 16.9. The van der Waals surface area contributed by atoms with Crippen LogP contribution in [0.4, 0.5) is 11.4 Å². The molecular formula is C24H18Cl2N2O4. The SMILES string of the molecule is COc1cccc([C@@H]2[C@@H]3C(=O)N(c4cc(Cl)cc(Cl)c4)C(=O)[C@@H]3ON2c2ccccc2)c1. The van der Waals surface area contributed by atoms with Crippen LogP contribution in [0.25, 0.3) is 0 Å². The maximum atomic E-state index is 13.6. The monoisotopic (exact) mass is 468 g/mol. The van der Waals surface area contributed by atoms with Gasteiger partial charge in [-0.3, -0.25) is 14.4 Å². The van der Waals surface area contributed by atoms with Crippen LogP contribution in [-0.4, -0.2) is 25.0 Å². The van der Waals surface area contributed by atoms with Crippen molar-refractivity contribution in [1.29, 1.82) is 0 Å². The molecule has 0 saturated carbocycles. The molecule has 3 aromatic rings. The van der Waals surface area contributed by atoms with Crippen LogP contribution in [-0.2, 0) is 14.4 Å². The summed E-state index contributed by atoms with van der Waals surface area (Å²) in [6.45, 7) is 0. The first-order chi connectivity index (χ1) is 15.5. The van der Waals surface area contributed by atoms with Crippen LogP contribution in [0.3, 0.4) is 0 Å². The highest BCUT2D eigenvalue weighted by Gasteiger charge is 2.60. The number of nitrogens with zero attached hydrogens (tertiary/aromatic N) is 2. The molecule has 2 heterocycles. The predicted molar refractivity (Wildman–Crippen MR) is 122 cm³/mol. The van der Waals surface area contributed by atoms with E-state index in [0.717, 1.165) is 16.2 Å². The number of carbonyl (C=O) groups excluding carboxylic acids is 2. The number of hydrogen-bond donors (Lipinski definition) is 0. The van der Waals surface area contributed by atoms with Crippen LogP contribution >= 0.6 is 23.2 Å². The van der Waals surface area contributed by atoms with Gasteiger partial charge in [0.2, 0.25) is 5.91 Å². The van der Waals surface area contributed by atoms with Gasteiger partial charge in [0.05, 0.1) is 24.5 Å². The van der Waals surface area contributed by atoms with Gasteiger partial charge >= 0.3 is 0 Å². The average Bonchev–Trinajstić information content (AvgIpc) is 3.30. The molecule has 0 unspecified atom stereocenters. The van der Waals surface area contributed by atoms with Gasteiger partial charge in [-0.25, -0.2) is 9.96 Å². The van der Waals surface area contributed by atoms with Gasteiger partial charge in [-0.1, -0.05) is 53.5 Å². The number of imide groups is 1. The fraction of sp³-hybridized carbons (Fsp3) is 0.167. The number of para-hydroxylation sites is 1. The molecule has 0 N–H and O–H groups in total. The van der Waals surface area contributed by atoms with Crippen molar-refractivity contribution in [3.05, 3.63) is 88.4 Å². The molecule has 0 spiro atoms. The Morgan fingerprint density at radius 2 is 1.56 bits per heavy atom. The molecule has 8 heteroatoms. The number of fused-ring (bicyclic) bond motifs is 1. The molecule has 0 radical (unpaired) electrons. The molecule has 2 aliphatic heterocycles. The Morgan fingerprint density at radius 3 is 2.25 bits per heavy atom. The highest BCUT2D eigenvalue weighted by molar-refractivity contribution is 6.35. The van der Waals surface area contributed by atoms with Crippen molar-refractivity contribution in [2.24, 2.45) is 5.92 Å². The van der Waals surface area contributed by atoms with Gasteiger partial charge in [-0.05, 0) is 48.0 Å². The van der Waals surface area contributed by atoms with Gasteiger partial charge in [0.25, 0.3) is 5.91 Å². The van der Waals surface area contributed by atoms with Crippen molar-refractivity contribution < 1.29 is 19.2 Å². The van der Waals surface area contributed by atoms with Gasteiger partial charge in [0.15, 0.2) is 6.10 Å². The maximum absolute atomic E-state index is 13.6. The fourth-order valence-corrected chi connectivity index (χ4v) is 4.82. The Hall–Kier alpha value is -3.06. The van der Waals surface area contributed by atoms with E-state index in [-0.39, 0.29) is 5.91 Å². The summed E-state index contributed by atoms with van der Waals surface area (Å²) in [5.41, 5.74) is 1.87. The van der Waals surface area contributed by atoms with Crippen LogP contribution < -0.4 is 14.7 Å². The second-order valence-electron chi connectivity index (χ2n) is 7.57. The highest BCUT2D eigenvalue weighted by atomic mass is 35.5. The molecular weight excluding hydrogens is 451 g/mol. The van der Waals surface area contributed by atoms with Gasteiger partial charge in [-0.2, -0.15) is 0 Å². The Balaban J connectivity index is 1.60. The first-order valence-electron chi connectivity index (χ1n) is 9.97. The van der Waals surface area contributed by atoms with Crippen LogP contribution in [0.5, 0.6) is 5.75 Å². The average molecular weight is 469 g/mol. The highest BCUT2D eigenvalue weighted by Crippen LogP contribution is 2.48. The molecule has 6 nitrogen and oxygen atoms in total. The molecule has 0 bridgehead atoms. The molecule has 3 aromatic carbocycles. The lowest BCUT2D eigenvalue weighted by molar-refractivity contribution is -0.126. The molecule has 2 saturated heterocycles. The first-order valence-corrected chi connectivity index (χ1v) is 10.7. The molecule has 2 fully saturated rings. The summed E-state index contributed by atoms with van der Waals surface area (Å²) in [5, 5.41) is 2.31. The predicted octanol–water partition coefficient (Wildman–Crippen LogP) is 5.05. The molecule has 0 aromatic heterocycles. The number of methoxy groups -OCH3 is 1. The smallest absolute Gasteiger partial charge is 0.266 e. The van der Waals surface area contributed by atoms with Crippen molar-refractivity contribution >= 4 is 46.4 Å². The van der Waals surface area contributed by atoms with Crippen molar-refractivity contribution in [3.63, 3.8) is 0 Å². The van der Waals surface area contributed by atoms with E-state index in [1.54, 1.807) is 30.4 Å². The van der Waals surface area contributed by atoms with E-state index < -0.39 is 24.0 Å². The Labute approximate surface area is 194 Å². The number of benzene rings is 3. The van der Waals surface area contributed by atoms with E-state index in [0.29, 0.717) is 21.5 Å². The van der Waals surface area contributed by atoms with E-state index in [1.807, 2.05) is 54.6 Å². The molecule has 32 heavy (non-hydrogen) atoms. The Morgan fingerprint density at radius 1 is 0.844 bits per heavy atom. The second kappa shape index (κ2) is 8.13. The summed E-state index contributed by atoms with van der Waals surface area (Å²) in [5.74, 6) is -0.934. The lowest BCUT2D eigenvalue weighted by Crippen LogP contribution is -2.37. The largest absolute Gasteiger partial charge is 0.497 e. The number of amides is 2. The summed E-state index contributed by atoms with van der Waals surface area (Å²) in [7, 11) is 1.58. The van der Waals surface area contributed by atoms with Crippen molar-refractivity contribution in [3.8, 4) is 5.75 Å². The zero-order chi connectivity index (χ0) is 22.4. The number of hydroxylamine groups is 1. The van der Waals surface area contributed by atoms with E-state index in [1.165, 1.54) is 0 Å². The van der Waals surface area contributed by atoms with Gasteiger partial charge in [-0.15, -0.1) is 0 Å². The van der Waals surface area contributed by atoms with Crippen molar-refractivity contribution in [2.75, 3.05) is 17.1 Å². The standard InChI is InChI=1S/C24H18Cl2N2O4/c1-31-19-9-5-6-14(10-19)21-20-22(32-28(21)17-7-3-2-4-8-17)24(30)27(23(20)29)18-12-15(25)11-16(26)13-18/h2-13,20-22H,1H3/t20-,21+,22+/m0/s1. The first kappa shape index (κ1) is 20.8. The third kappa shape index (κ3) is 3.41. The second-order valence-corrected chi connectivity index (χ2v) is 8.45. The number of anilines is 2. The fourth-order valence-electron chi connectivity index (χ4n) is 4.30. The third-order valence-corrected chi connectivity index (χ3v) is 6.10. The maximum Gasteiger partial charge on any atom is 0.266 e. The summed E-state index contributed by atoms with van der Waals surface area (Å²) in [6.07, 6.45) is -0.975. The van der Waals surface area contributed by atoms with E-state index in [9.17, 15) is 9.59 Å². The third-order valence-electron chi connectivity index (χ3n) is 5.67. The summed E-state index contributed by atoms with van der Waals surface area (Å²) >= 11 is 12.2. The lowest BCUT2D eigenvalue weighted by Gasteiger charge is -2.29. The lowest BCUT2D eigenvalue weighted by atomic mass is 9.90. The van der Waals surface area contributed by atoms with Gasteiger partial charge in [0.1, 0.15) is 11.7 Å². The minimum Gasteiger partial charge on any atom is -0.497 e. The summed E-state index contributed by atoms with van der Waals surface area (Å²) in [6, 6.07) is 20.9. The number of halogens is 2. The minimum atomic E-state index is -0.975. The van der Waals surface area contributed by atoms with Crippen LogP contribution in [0.1, 0.15) is 11.6 Å². The molecule has 3 atom stereocenters. The summed E-state index contributed by atoms with van der Waals surface area (Å²) < 4.78 is 5.38.